The van der Waals surface area contributed by atoms with E-state index in [4.69, 9.17) is 5.26 Å². The molecule has 0 aromatic carbocycles. The smallest absolute Gasteiger partial charge is 0.422 e. The van der Waals surface area contributed by atoms with Gasteiger partial charge in [0.05, 0.1) is 13.3 Å². The maximum Gasteiger partial charge on any atom is 0.422 e. The predicted molar refractivity (Wildman–Crippen MR) is 60.0 cm³/mol. The lowest BCUT2D eigenvalue weighted by molar-refractivity contribution is -0.116. The summed E-state index contributed by atoms with van der Waals surface area (Å²) in [6, 6.07) is 1.75. The second kappa shape index (κ2) is 5.36. The van der Waals surface area contributed by atoms with Gasteiger partial charge in [-0.15, -0.1) is 0 Å². The van der Waals surface area contributed by atoms with Crippen LogP contribution in [0.15, 0.2) is 10.8 Å². The number of amides is 2. The van der Waals surface area contributed by atoms with Crippen molar-refractivity contribution in [2.75, 3.05) is 12.0 Å². The van der Waals surface area contributed by atoms with Gasteiger partial charge in [-0.2, -0.15) is 10.2 Å². The molecule has 8 heteroatoms. The third kappa shape index (κ3) is 2.76. The first-order chi connectivity index (χ1) is 8.01. The summed E-state index contributed by atoms with van der Waals surface area (Å²) in [5.74, 6) is -0.778. The molecular formula is C9H7BrN4O3. The van der Waals surface area contributed by atoms with Crippen molar-refractivity contribution in [3.8, 4) is 6.07 Å². The Morgan fingerprint density at radius 1 is 1.59 bits per heavy atom. The zero-order valence-corrected chi connectivity index (χ0v) is 10.6. The van der Waals surface area contributed by atoms with Crippen molar-refractivity contribution < 1.29 is 14.3 Å². The van der Waals surface area contributed by atoms with Crippen LogP contribution in [0.4, 0.5) is 10.6 Å². The normalized spacial score (nSPS) is 9.29. The average Bonchev–Trinajstić information content (AvgIpc) is 2.30. The molecule has 0 aliphatic carbocycles. The molecule has 0 aliphatic heterocycles. The second-order valence-corrected chi connectivity index (χ2v) is 3.61. The monoisotopic (exact) mass is 298 g/mol. The minimum atomic E-state index is -0.925. The fourth-order valence-corrected chi connectivity index (χ4v) is 1.34. The molecule has 0 atom stereocenters. The highest BCUT2D eigenvalue weighted by Crippen LogP contribution is 2.18. The number of hydrogen-bond donors (Lipinski definition) is 0. The Kier molecular flexibility index (Phi) is 4.12. The molecule has 0 saturated carbocycles. The summed E-state index contributed by atoms with van der Waals surface area (Å²) in [5, 5.41) is 8.86. The molecule has 88 valence electrons. The summed E-state index contributed by atoms with van der Waals surface area (Å²) in [5.41, 5.74) is -0.153. The van der Waals surface area contributed by atoms with E-state index in [0.717, 1.165) is 14.0 Å². The van der Waals surface area contributed by atoms with Crippen molar-refractivity contribution in [2.24, 2.45) is 0 Å². The largest absolute Gasteiger partial charge is 0.452 e. The number of nitrogens with zero attached hydrogens (tertiary/aromatic N) is 4. The maximum absolute atomic E-state index is 11.4. The minimum Gasteiger partial charge on any atom is -0.452 e. The number of carbonyl (C=O) groups excluding carboxylic acids is 2. The van der Waals surface area contributed by atoms with Crippen LogP contribution in [0.25, 0.3) is 0 Å². The lowest BCUT2D eigenvalue weighted by Crippen LogP contribution is -2.36. The van der Waals surface area contributed by atoms with Crippen LogP contribution in [0.2, 0.25) is 0 Å². The molecule has 0 saturated heterocycles. The van der Waals surface area contributed by atoms with Gasteiger partial charge < -0.3 is 4.74 Å². The van der Waals surface area contributed by atoms with E-state index in [0.29, 0.717) is 9.50 Å². The molecular weight excluding hydrogens is 292 g/mol. The van der Waals surface area contributed by atoms with Crippen molar-refractivity contribution in [3.63, 3.8) is 0 Å². The van der Waals surface area contributed by atoms with E-state index in [2.05, 4.69) is 30.6 Å². The van der Waals surface area contributed by atoms with Crippen molar-refractivity contribution in [1.29, 1.82) is 5.26 Å². The molecule has 17 heavy (non-hydrogen) atoms. The molecule has 0 radical (unpaired) electrons. The molecule has 7 nitrogen and oxygen atoms in total. The number of anilines is 1. The van der Waals surface area contributed by atoms with Crippen LogP contribution < -0.4 is 4.90 Å². The number of imide groups is 1. The molecule has 1 aromatic rings. The average molecular weight is 299 g/mol. The number of aromatic nitrogens is 2. The Morgan fingerprint density at radius 2 is 2.24 bits per heavy atom. The zero-order valence-electron chi connectivity index (χ0n) is 8.97. The third-order valence-electron chi connectivity index (χ3n) is 1.71. The number of ether oxygens (including phenoxy) is 1. The molecule has 1 heterocycles. The Morgan fingerprint density at radius 3 is 2.71 bits per heavy atom. The lowest BCUT2D eigenvalue weighted by atomic mass is 10.4. The van der Waals surface area contributed by atoms with Gasteiger partial charge >= 0.3 is 6.09 Å². The van der Waals surface area contributed by atoms with E-state index in [1.54, 1.807) is 6.07 Å². The van der Waals surface area contributed by atoms with Gasteiger partial charge in [-0.1, -0.05) is 0 Å². The second-order valence-electron chi connectivity index (χ2n) is 2.80. The van der Waals surface area contributed by atoms with E-state index in [9.17, 15) is 9.59 Å². The first-order valence-corrected chi connectivity index (χ1v) is 5.11. The first-order valence-electron chi connectivity index (χ1n) is 4.32. The van der Waals surface area contributed by atoms with Crippen molar-refractivity contribution in [1.82, 2.24) is 9.97 Å². The standard InChI is InChI=1S/C9H7BrN4O3/c1-5(15)14(9(16)17-2)8-6(3-11)13-7(10)4-12-8/h4H,1-2H3. The van der Waals surface area contributed by atoms with Crippen molar-refractivity contribution in [3.05, 3.63) is 16.5 Å². The number of methoxy groups -OCH3 is 1. The summed E-state index contributed by atoms with van der Waals surface area (Å²) in [4.78, 5) is 31.0. The number of hydrogen-bond acceptors (Lipinski definition) is 6. The Bertz CT molecular complexity index is 511. The number of halogens is 1. The summed E-state index contributed by atoms with van der Waals surface area (Å²) < 4.78 is 4.76. The number of nitriles is 1. The first kappa shape index (κ1) is 13.1. The molecule has 0 aliphatic rings. The number of carbonyl (C=O) groups is 2. The topological polar surface area (TPSA) is 96.2 Å². The SMILES string of the molecule is COC(=O)N(C(C)=O)c1ncc(Br)nc1C#N. The maximum atomic E-state index is 11.4. The van der Waals surface area contributed by atoms with Gasteiger partial charge in [-0.25, -0.2) is 14.8 Å². The summed E-state index contributed by atoms with van der Waals surface area (Å²) in [7, 11) is 1.12. The van der Waals surface area contributed by atoms with Crippen LogP contribution in [0.5, 0.6) is 0 Å². The van der Waals surface area contributed by atoms with Gasteiger partial charge in [0, 0.05) is 6.92 Å². The molecule has 0 spiro atoms. The Hall–Kier alpha value is -2.01. The number of rotatable bonds is 1. The van der Waals surface area contributed by atoms with Gasteiger partial charge in [-0.3, -0.25) is 4.79 Å². The van der Waals surface area contributed by atoms with Crippen molar-refractivity contribution in [2.45, 2.75) is 6.92 Å². The van der Waals surface area contributed by atoms with Gasteiger partial charge in [0.2, 0.25) is 5.91 Å². The van der Waals surface area contributed by atoms with E-state index in [1.807, 2.05) is 0 Å². The van der Waals surface area contributed by atoms with Crippen LogP contribution in [-0.4, -0.2) is 29.1 Å². The lowest BCUT2D eigenvalue weighted by Gasteiger charge is -2.16. The van der Waals surface area contributed by atoms with Crippen LogP contribution in [-0.2, 0) is 9.53 Å². The summed E-state index contributed by atoms with van der Waals surface area (Å²) >= 11 is 3.03. The zero-order chi connectivity index (χ0) is 13.0. The highest BCUT2D eigenvalue weighted by molar-refractivity contribution is 9.10. The van der Waals surface area contributed by atoms with Crippen LogP contribution in [0, 0.1) is 11.3 Å². The Labute approximate surface area is 105 Å². The van der Waals surface area contributed by atoms with Crippen LogP contribution in [0.1, 0.15) is 12.6 Å². The molecule has 2 amide bonds. The van der Waals surface area contributed by atoms with Crippen LogP contribution in [0.3, 0.4) is 0 Å². The highest BCUT2D eigenvalue weighted by atomic mass is 79.9. The van der Waals surface area contributed by atoms with Gasteiger partial charge in [-0.05, 0) is 15.9 Å². The predicted octanol–water partition coefficient (Wildman–Crippen LogP) is 1.23. The molecule has 1 rings (SSSR count). The summed E-state index contributed by atoms with van der Waals surface area (Å²) in [6.45, 7) is 1.15. The summed E-state index contributed by atoms with van der Waals surface area (Å²) in [6.07, 6.45) is 0.348. The fraction of sp³-hybridized carbons (Fsp3) is 0.222. The van der Waals surface area contributed by atoms with Gasteiger partial charge in [0.25, 0.3) is 0 Å². The van der Waals surface area contributed by atoms with E-state index in [-0.39, 0.29) is 11.5 Å². The molecule has 0 unspecified atom stereocenters. The van der Waals surface area contributed by atoms with E-state index in [1.165, 1.54) is 6.20 Å². The van der Waals surface area contributed by atoms with Crippen molar-refractivity contribution >= 4 is 33.7 Å². The van der Waals surface area contributed by atoms with Gasteiger partial charge in [0.15, 0.2) is 11.5 Å². The quantitative estimate of drug-likeness (QED) is 0.773. The fourth-order valence-electron chi connectivity index (χ4n) is 1.06. The third-order valence-corrected chi connectivity index (χ3v) is 2.10. The molecule has 0 fully saturated rings. The molecule has 1 aromatic heterocycles. The van der Waals surface area contributed by atoms with E-state index < -0.39 is 12.0 Å². The van der Waals surface area contributed by atoms with Crippen LogP contribution >= 0.6 is 15.9 Å². The van der Waals surface area contributed by atoms with Gasteiger partial charge in [0.1, 0.15) is 10.7 Å². The highest BCUT2D eigenvalue weighted by Gasteiger charge is 2.26. The van der Waals surface area contributed by atoms with E-state index >= 15 is 0 Å². The molecule has 0 N–H and O–H groups in total. The Balaban J connectivity index is 3.34. The minimum absolute atomic E-state index is 0.153. The molecule has 0 bridgehead atoms.